The van der Waals surface area contributed by atoms with Crippen molar-refractivity contribution in [3.8, 4) is 0 Å². The minimum Gasteiger partial charge on any atom is -0.339 e. The average Bonchev–Trinajstić information content (AvgIpc) is 3.19. The largest absolute Gasteiger partial charge is 0.339 e. The summed E-state index contributed by atoms with van der Waals surface area (Å²) in [4.78, 5) is 7.15. The van der Waals surface area contributed by atoms with Gasteiger partial charge in [-0.15, -0.1) is 0 Å². The van der Waals surface area contributed by atoms with E-state index < -0.39 is 0 Å². The normalized spacial score (nSPS) is 22.7. The highest BCUT2D eigenvalue weighted by atomic mass is 16.5. The Labute approximate surface area is 127 Å². The molecule has 118 valence electrons. The predicted octanol–water partition coefficient (Wildman–Crippen LogP) is 2.55. The van der Waals surface area contributed by atoms with Gasteiger partial charge in [-0.3, -0.25) is 4.90 Å². The Morgan fingerprint density at radius 1 is 1.29 bits per heavy atom. The predicted molar refractivity (Wildman–Crippen MR) is 82.1 cm³/mol. The van der Waals surface area contributed by atoms with Gasteiger partial charge < -0.3 is 9.84 Å². The van der Waals surface area contributed by atoms with E-state index in [0.29, 0.717) is 6.04 Å². The Bertz CT molecular complexity index is 422. The van der Waals surface area contributed by atoms with Gasteiger partial charge >= 0.3 is 0 Å². The van der Waals surface area contributed by atoms with Crippen LogP contribution in [0.15, 0.2) is 4.52 Å². The number of aromatic nitrogens is 2. The number of rotatable bonds is 6. The van der Waals surface area contributed by atoms with Gasteiger partial charge in [-0.1, -0.05) is 37.8 Å². The minimum atomic E-state index is 0.316. The maximum atomic E-state index is 5.49. The molecule has 2 aliphatic rings. The van der Waals surface area contributed by atoms with Crippen LogP contribution >= 0.6 is 0 Å². The van der Waals surface area contributed by atoms with Gasteiger partial charge in [0, 0.05) is 32.6 Å². The fraction of sp³-hybridized carbons (Fsp3) is 0.875. The summed E-state index contributed by atoms with van der Waals surface area (Å²) in [7, 11) is 0. The van der Waals surface area contributed by atoms with Crippen molar-refractivity contribution in [2.24, 2.45) is 5.92 Å². The third-order valence-corrected chi connectivity index (χ3v) is 5.00. The summed E-state index contributed by atoms with van der Waals surface area (Å²) in [5, 5.41) is 7.66. The SMILES string of the molecule is CCC(c1noc(CCC2CCCC2)n1)N1CCNCC1. The average molecular weight is 292 g/mol. The number of aryl methyl sites for hydroxylation is 1. The summed E-state index contributed by atoms with van der Waals surface area (Å²) >= 11 is 0. The van der Waals surface area contributed by atoms with Gasteiger partial charge in [0.2, 0.25) is 5.89 Å². The molecule has 1 atom stereocenters. The van der Waals surface area contributed by atoms with E-state index in [9.17, 15) is 0 Å². The molecular formula is C16H28N4O. The first-order valence-electron chi connectivity index (χ1n) is 8.64. The van der Waals surface area contributed by atoms with Crippen molar-refractivity contribution >= 4 is 0 Å². The highest BCUT2D eigenvalue weighted by Gasteiger charge is 2.25. The Morgan fingerprint density at radius 2 is 2.05 bits per heavy atom. The lowest BCUT2D eigenvalue weighted by Crippen LogP contribution is -2.45. The van der Waals surface area contributed by atoms with Crippen LogP contribution in [0, 0.1) is 5.92 Å². The summed E-state index contributed by atoms with van der Waals surface area (Å²) in [5.41, 5.74) is 0. The van der Waals surface area contributed by atoms with Crippen LogP contribution < -0.4 is 5.32 Å². The molecule has 1 saturated carbocycles. The second-order valence-corrected chi connectivity index (χ2v) is 6.45. The Morgan fingerprint density at radius 3 is 2.76 bits per heavy atom. The van der Waals surface area contributed by atoms with E-state index in [-0.39, 0.29) is 0 Å². The van der Waals surface area contributed by atoms with Crippen LogP contribution in [0.3, 0.4) is 0 Å². The zero-order valence-corrected chi connectivity index (χ0v) is 13.2. The highest BCUT2D eigenvalue weighted by molar-refractivity contribution is 4.96. The van der Waals surface area contributed by atoms with Crippen LogP contribution in [0.1, 0.15) is 63.2 Å². The number of nitrogens with zero attached hydrogens (tertiary/aromatic N) is 3. The standard InChI is InChI=1S/C16H28N4O/c1-2-14(20-11-9-17-10-12-20)16-18-15(21-19-16)8-7-13-5-3-4-6-13/h13-14,17H,2-12H2,1H3. The Hall–Kier alpha value is -0.940. The molecule has 1 N–H and O–H groups in total. The van der Waals surface area contributed by atoms with Gasteiger partial charge in [-0.05, 0) is 18.8 Å². The molecule has 21 heavy (non-hydrogen) atoms. The zero-order valence-electron chi connectivity index (χ0n) is 13.2. The van der Waals surface area contributed by atoms with Crippen LogP contribution in [0.2, 0.25) is 0 Å². The molecule has 3 rings (SSSR count). The molecule has 1 saturated heterocycles. The molecule has 2 fully saturated rings. The van der Waals surface area contributed by atoms with E-state index in [1.54, 1.807) is 0 Å². The van der Waals surface area contributed by atoms with Crippen LogP contribution in [-0.2, 0) is 6.42 Å². The maximum absolute atomic E-state index is 5.49. The van der Waals surface area contributed by atoms with E-state index in [2.05, 4.69) is 27.3 Å². The Balaban J connectivity index is 1.56. The van der Waals surface area contributed by atoms with Crippen molar-refractivity contribution in [2.45, 2.75) is 57.9 Å². The van der Waals surface area contributed by atoms with Gasteiger partial charge in [0.1, 0.15) is 0 Å². The molecule has 0 aromatic carbocycles. The van der Waals surface area contributed by atoms with Gasteiger partial charge in [-0.25, -0.2) is 0 Å². The van der Waals surface area contributed by atoms with Gasteiger partial charge in [0.05, 0.1) is 6.04 Å². The first-order chi connectivity index (χ1) is 10.4. The fourth-order valence-electron chi connectivity index (χ4n) is 3.73. The lowest BCUT2D eigenvalue weighted by Gasteiger charge is -2.32. The Kier molecular flexibility index (Phi) is 5.25. The first-order valence-corrected chi connectivity index (χ1v) is 8.64. The quantitative estimate of drug-likeness (QED) is 0.873. The van der Waals surface area contributed by atoms with E-state index in [1.807, 2.05) is 0 Å². The minimum absolute atomic E-state index is 0.316. The molecule has 0 bridgehead atoms. The molecule has 0 spiro atoms. The van der Waals surface area contributed by atoms with Gasteiger partial charge in [-0.2, -0.15) is 4.98 Å². The number of hydrogen-bond acceptors (Lipinski definition) is 5. The van der Waals surface area contributed by atoms with Crippen molar-refractivity contribution in [1.82, 2.24) is 20.4 Å². The molecule has 1 aliphatic heterocycles. The molecule has 1 aromatic heterocycles. The second-order valence-electron chi connectivity index (χ2n) is 6.45. The smallest absolute Gasteiger partial charge is 0.226 e. The van der Waals surface area contributed by atoms with Gasteiger partial charge in [0.15, 0.2) is 5.82 Å². The molecule has 1 unspecified atom stereocenters. The summed E-state index contributed by atoms with van der Waals surface area (Å²) in [6.45, 7) is 6.47. The molecule has 0 radical (unpaired) electrons. The number of piperazine rings is 1. The topological polar surface area (TPSA) is 54.2 Å². The molecule has 5 heteroatoms. The lowest BCUT2D eigenvalue weighted by molar-refractivity contribution is 0.160. The van der Waals surface area contributed by atoms with Crippen LogP contribution in [0.5, 0.6) is 0 Å². The van der Waals surface area contributed by atoms with Crippen LogP contribution in [0.25, 0.3) is 0 Å². The molecule has 1 aliphatic carbocycles. The van der Waals surface area contributed by atoms with E-state index in [1.165, 1.54) is 32.1 Å². The summed E-state index contributed by atoms with van der Waals surface area (Å²) in [5.74, 6) is 2.61. The monoisotopic (exact) mass is 292 g/mol. The molecule has 2 heterocycles. The number of hydrogen-bond donors (Lipinski definition) is 1. The van der Waals surface area contributed by atoms with E-state index >= 15 is 0 Å². The first kappa shape index (κ1) is 15.0. The molecule has 5 nitrogen and oxygen atoms in total. The second kappa shape index (κ2) is 7.36. The summed E-state index contributed by atoms with van der Waals surface area (Å²) in [6.07, 6.45) is 8.79. The fourth-order valence-corrected chi connectivity index (χ4v) is 3.73. The van der Waals surface area contributed by atoms with Crippen molar-refractivity contribution in [2.75, 3.05) is 26.2 Å². The maximum Gasteiger partial charge on any atom is 0.226 e. The van der Waals surface area contributed by atoms with Gasteiger partial charge in [0.25, 0.3) is 0 Å². The third kappa shape index (κ3) is 3.83. The van der Waals surface area contributed by atoms with E-state index in [0.717, 1.165) is 56.7 Å². The zero-order chi connectivity index (χ0) is 14.5. The lowest BCUT2D eigenvalue weighted by atomic mass is 10.0. The van der Waals surface area contributed by atoms with Crippen molar-refractivity contribution in [1.29, 1.82) is 0 Å². The van der Waals surface area contributed by atoms with Crippen LogP contribution in [0.4, 0.5) is 0 Å². The van der Waals surface area contributed by atoms with E-state index in [4.69, 9.17) is 4.52 Å². The van der Waals surface area contributed by atoms with Crippen molar-refractivity contribution in [3.63, 3.8) is 0 Å². The van der Waals surface area contributed by atoms with Crippen molar-refractivity contribution in [3.05, 3.63) is 11.7 Å². The molecule has 0 amide bonds. The van der Waals surface area contributed by atoms with Crippen molar-refractivity contribution < 1.29 is 4.52 Å². The summed E-state index contributed by atoms with van der Waals surface area (Å²) < 4.78 is 5.49. The third-order valence-electron chi connectivity index (χ3n) is 5.00. The number of nitrogens with one attached hydrogen (secondary N) is 1. The summed E-state index contributed by atoms with van der Waals surface area (Å²) in [6, 6.07) is 0.316. The molecule has 1 aromatic rings. The molecular weight excluding hydrogens is 264 g/mol. The van der Waals surface area contributed by atoms with Crippen LogP contribution in [-0.4, -0.2) is 41.2 Å². The highest BCUT2D eigenvalue weighted by Crippen LogP contribution is 2.29.